The number of hydrogen-bond donors (Lipinski definition) is 3. The molecule has 0 saturated carbocycles. The van der Waals surface area contributed by atoms with E-state index in [9.17, 15) is 4.79 Å². The summed E-state index contributed by atoms with van der Waals surface area (Å²) in [6.45, 7) is 3.80. The maximum atomic E-state index is 12.7. The third-order valence-corrected chi connectivity index (χ3v) is 6.19. The van der Waals surface area contributed by atoms with Crippen molar-refractivity contribution in [3.05, 3.63) is 99.9 Å². The van der Waals surface area contributed by atoms with Crippen LogP contribution in [0.5, 0.6) is 5.75 Å². The first-order chi connectivity index (χ1) is 16.7. The number of fused-ring (bicyclic) bond motifs is 1. The smallest absolute Gasteiger partial charge is 0.258 e. The van der Waals surface area contributed by atoms with Crippen LogP contribution in [0.25, 0.3) is 10.9 Å². The van der Waals surface area contributed by atoms with E-state index in [0.29, 0.717) is 29.2 Å². The lowest BCUT2D eigenvalue weighted by molar-refractivity contribution is 0.296. The van der Waals surface area contributed by atoms with Crippen LogP contribution in [0.4, 0.5) is 0 Å². The van der Waals surface area contributed by atoms with Crippen LogP contribution in [0.15, 0.2) is 71.7 Å². The van der Waals surface area contributed by atoms with Crippen molar-refractivity contribution >= 4 is 10.9 Å². The molecule has 1 aliphatic rings. The van der Waals surface area contributed by atoms with Crippen molar-refractivity contribution in [1.82, 2.24) is 25.6 Å². The van der Waals surface area contributed by atoms with Gasteiger partial charge in [-0.3, -0.25) is 9.78 Å². The molecule has 34 heavy (non-hydrogen) atoms. The van der Waals surface area contributed by atoms with Crippen LogP contribution < -0.4 is 20.9 Å². The Balaban J connectivity index is 1.24. The van der Waals surface area contributed by atoms with Crippen LogP contribution in [0.2, 0.25) is 0 Å². The van der Waals surface area contributed by atoms with Gasteiger partial charge in [-0.05, 0) is 67.7 Å². The minimum atomic E-state index is -0.176. The Morgan fingerprint density at radius 3 is 2.65 bits per heavy atom. The van der Waals surface area contributed by atoms with Crippen molar-refractivity contribution in [3.8, 4) is 5.75 Å². The molecule has 1 saturated heterocycles. The van der Waals surface area contributed by atoms with E-state index in [1.54, 1.807) is 12.3 Å². The van der Waals surface area contributed by atoms with Gasteiger partial charge in [-0.1, -0.05) is 42.5 Å². The molecule has 2 aromatic carbocycles. The van der Waals surface area contributed by atoms with Crippen molar-refractivity contribution in [1.29, 1.82) is 0 Å². The molecule has 0 radical (unpaired) electrons. The average Bonchev–Trinajstić information content (AvgIpc) is 3.38. The number of nitrogens with one attached hydrogen (secondary N) is 3. The fourth-order valence-corrected chi connectivity index (χ4v) is 4.33. The predicted octanol–water partition coefficient (Wildman–Crippen LogP) is 3.19. The Bertz CT molecular complexity index is 1280. The highest BCUT2D eigenvalue weighted by atomic mass is 16.5. The Labute approximate surface area is 198 Å². The highest BCUT2D eigenvalue weighted by Gasteiger charge is 2.15. The first-order valence-corrected chi connectivity index (χ1v) is 11.8. The quantitative estimate of drug-likeness (QED) is 0.359. The summed E-state index contributed by atoms with van der Waals surface area (Å²) in [5.41, 5.74) is 3.71. The molecule has 0 bridgehead atoms. The number of aromatic nitrogens is 3. The molecule has 0 spiro atoms. The summed E-state index contributed by atoms with van der Waals surface area (Å²) in [6, 6.07) is 20.1. The van der Waals surface area contributed by atoms with E-state index in [1.807, 2.05) is 30.3 Å². The lowest BCUT2D eigenvalue weighted by Crippen LogP contribution is -2.25. The van der Waals surface area contributed by atoms with Crippen LogP contribution in [-0.2, 0) is 19.6 Å². The van der Waals surface area contributed by atoms with Gasteiger partial charge in [-0.2, -0.15) is 0 Å². The number of pyridine rings is 1. The van der Waals surface area contributed by atoms with Gasteiger partial charge in [0.05, 0.1) is 11.1 Å². The maximum absolute atomic E-state index is 12.7. The van der Waals surface area contributed by atoms with Crippen molar-refractivity contribution in [2.24, 2.45) is 5.92 Å². The number of ether oxygens (including phenoxy) is 1. The molecule has 2 aromatic heterocycles. The summed E-state index contributed by atoms with van der Waals surface area (Å²) in [5.74, 6) is 1.85. The number of H-pyrrole nitrogens is 1. The first-order valence-electron chi connectivity index (χ1n) is 11.8. The topological polar surface area (TPSA) is 91.9 Å². The second-order valence-corrected chi connectivity index (χ2v) is 8.75. The van der Waals surface area contributed by atoms with Crippen molar-refractivity contribution < 1.29 is 4.74 Å². The number of nitrogens with zero attached hydrogens (tertiary/aromatic N) is 2. The molecule has 1 fully saturated rings. The van der Waals surface area contributed by atoms with Crippen LogP contribution >= 0.6 is 0 Å². The summed E-state index contributed by atoms with van der Waals surface area (Å²) < 4.78 is 5.91. The summed E-state index contributed by atoms with van der Waals surface area (Å²) >= 11 is 0. The third-order valence-electron chi connectivity index (χ3n) is 6.19. The molecule has 1 aliphatic heterocycles. The largest absolute Gasteiger partial charge is 0.486 e. The van der Waals surface area contributed by atoms with Gasteiger partial charge >= 0.3 is 0 Å². The van der Waals surface area contributed by atoms with Gasteiger partial charge in [0.15, 0.2) is 0 Å². The molecule has 1 atom stereocenters. The van der Waals surface area contributed by atoms with Gasteiger partial charge < -0.3 is 20.4 Å². The molecule has 7 heteroatoms. The van der Waals surface area contributed by atoms with E-state index in [0.717, 1.165) is 37.5 Å². The van der Waals surface area contributed by atoms with E-state index in [2.05, 4.69) is 49.9 Å². The Morgan fingerprint density at radius 1 is 1.03 bits per heavy atom. The van der Waals surface area contributed by atoms with Crippen LogP contribution in [0.3, 0.4) is 0 Å². The summed E-state index contributed by atoms with van der Waals surface area (Å²) in [7, 11) is 0. The minimum Gasteiger partial charge on any atom is -0.486 e. The lowest BCUT2D eigenvalue weighted by atomic mass is 10.1. The number of hydrogen-bond acceptors (Lipinski definition) is 6. The fourth-order valence-electron chi connectivity index (χ4n) is 4.33. The van der Waals surface area contributed by atoms with Crippen molar-refractivity contribution in [2.75, 3.05) is 19.6 Å². The average molecular weight is 456 g/mol. The first kappa shape index (κ1) is 22.3. The van der Waals surface area contributed by atoms with Gasteiger partial charge in [0.25, 0.3) is 5.56 Å². The predicted molar refractivity (Wildman–Crippen MR) is 133 cm³/mol. The molecule has 5 rings (SSSR count). The van der Waals surface area contributed by atoms with Crippen LogP contribution in [0, 0.1) is 5.92 Å². The van der Waals surface area contributed by atoms with Crippen LogP contribution in [-0.4, -0.2) is 34.6 Å². The molecular formula is C27H29N5O2. The molecule has 0 amide bonds. The zero-order valence-electron chi connectivity index (χ0n) is 19.1. The number of benzene rings is 2. The zero-order valence-corrected chi connectivity index (χ0v) is 19.1. The number of rotatable bonds is 9. The van der Waals surface area contributed by atoms with Gasteiger partial charge in [0, 0.05) is 12.7 Å². The molecule has 0 aliphatic carbocycles. The van der Waals surface area contributed by atoms with E-state index in [1.165, 1.54) is 17.5 Å². The molecule has 174 valence electrons. The SMILES string of the molecule is O=c1[nH]c(COc2ccc(Cc3ccccc3)cc2)nc2c(CNCC3CCNC3)nccc12. The normalized spacial score (nSPS) is 15.6. The molecule has 3 heterocycles. The summed E-state index contributed by atoms with van der Waals surface area (Å²) in [4.78, 5) is 24.7. The Kier molecular flexibility index (Phi) is 6.93. The molecular weight excluding hydrogens is 426 g/mol. The van der Waals surface area contributed by atoms with Crippen molar-refractivity contribution in [2.45, 2.75) is 26.0 Å². The van der Waals surface area contributed by atoms with Crippen molar-refractivity contribution in [3.63, 3.8) is 0 Å². The van der Waals surface area contributed by atoms with Gasteiger partial charge in [0.1, 0.15) is 23.7 Å². The molecule has 7 nitrogen and oxygen atoms in total. The summed E-state index contributed by atoms with van der Waals surface area (Å²) in [6.07, 6.45) is 3.73. The fraction of sp³-hybridized carbons (Fsp3) is 0.296. The van der Waals surface area contributed by atoms with E-state index in [4.69, 9.17) is 4.74 Å². The molecule has 1 unspecified atom stereocenters. The third kappa shape index (κ3) is 5.50. The van der Waals surface area contributed by atoms with E-state index in [-0.39, 0.29) is 12.2 Å². The second kappa shape index (κ2) is 10.6. The zero-order chi connectivity index (χ0) is 23.2. The lowest BCUT2D eigenvalue weighted by Gasteiger charge is -2.11. The highest BCUT2D eigenvalue weighted by Crippen LogP contribution is 2.17. The van der Waals surface area contributed by atoms with Gasteiger partial charge in [-0.15, -0.1) is 0 Å². The van der Waals surface area contributed by atoms with Crippen LogP contribution in [0.1, 0.15) is 29.1 Å². The molecule has 4 aromatic rings. The second-order valence-electron chi connectivity index (χ2n) is 8.75. The van der Waals surface area contributed by atoms with E-state index < -0.39 is 0 Å². The van der Waals surface area contributed by atoms with E-state index >= 15 is 0 Å². The van der Waals surface area contributed by atoms with Gasteiger partial charge in [0.2, 0.25) is 0 Å². The molecule has 3 N–H and O–H groups in total. The Morgan fingerprint density at radius 2 is 1.85 bits per heavy atom. The number of aromatic amines is 1. The maximum Gasteiger partial charge on any atom is 0.258 e. The summed E-state index contributed by atoms with van der Waals surface area (Å²) in [5, 5.41) is 7.39. The standard InChI is InChI=1S/C27H29N5O2/c33-27-23-11-13-30-24(17-29-16-21-10-12-28-15-21)26(23)31-25(32-27)18-34-22-8-6-20(7-9-22)14-19-4-2-1-3-5-19/h1-9,11,13,21,28-29H,10,12,14-18H2,(H,31,32,33). The van der Waals surface area contributed by atoms with Gasteiger partial charge in [-0.25, -0.2) is 4.98 Å². The minimum absolute atomic E-state index is 0.176. The monoisotopic (exact) mass is 455 g/mol. The Hall–Kier alpha value is -3.55. The highest BCUT2D eigenvalue weighted by molar-refractivity contribution is 5.79.